The number of carbonyl (C=O) groups excluding carboxylic acids is 1. The van der Waals surface area contributed by atoms with E-state index < -0.39 is 5.97 Å². The maximum Gasteiger partial charge on any atom is 0.350 e. The minimum atomic E-state index is -0.673. The summed E-state index contributed by atoms with van der Waals surface area (Å²) in [5.74, 6) is 0.0572. The molecule has 8 heteroatoms. The largest absolute Gasteiger partial charge is 0.470 e. The van der Waals surface area contributed by atoms with Crippen molar-refractivity contribution >= 4 is 22.7 Å². The predicted octanol–water partition coefficient (Wildman–Crippen LogP) is 1.78. The van der Waals surface area contributed by atoms with Gasteiger partial charge in [-0.25, -0.2) is 14.8 Å². The second-order valence-electron chi connectivity index (χ2n) is 4.77. The molecule has 2 heterocycles. The molecule has 1 aliphatic rings. The van der Waals surface area contributed by atoms with E-state index in [1.807, 2.05) is 0 Å². The second-order valence-corrected chi connectivity index (χ2v) is 4.77. The highest BCUT2D eigenvalue weighted by atomic mass is 16.6. The zero-order chi connectivity index (χ0) is 16.9. The Kier molecular flexibility index (Phi) is 4.43. The Morgan fingerprint density at radius 3 is 2.71 bits per heavy atom. The molecule has 1 aromatic carbocycles. The number of fused-ring (bicyclic) bond motifs is 2. The minimum Gasteiger partial charge on any atom is -0.470 e. The van der Waals surface area contributed by atoms with Crippen LogP contribution in [0.25, 0.3) is 11.0 Å². The molecule has 0 saturated heterocycles. The first-order chi connectivity index (χ1) is 11.7. The number of carbonyl (C=O) groups is 1. The van der Waals surface area contributed by atoms with Gasteiger partial charge in [-0.1, -0.05) is 0 Å². The summed E-state index contributed by atoms with van der Waals surface area (Å²) in [6.45, 7) is 2.76. The van der Waals surface area contributed by atoms with Gasteiger partial charge in [0.2, 0.25) is 0 Å². The predicted molar refractivity (Wildman–Crippen MR) is 84.5 cm³/mol. The van der Waals surface area contributed by atoms with Gasteiger partial charge in [-0.3, -0.25) is 0 Å². The van der Waals surface area contributed by atoms with E-state index in [9.17, 15) is 4.79 Å². The third-order valence-corrected chi connectivity index (χ3v) is 3.16. The summed E-state index contributed by atoms with van der Waals surface area (Å²) in [4.78, 5) is 20.3. The molecule has 8 nitrogen and oxygen atoms in total. The molecule has 0 aliphatic carbocycles. The van der Waals surface area contributed by atoms with Gasteiger partial charge in [0.05, 0.1) is 17.6 Å². The number of ether oxygens (including phenoxy) is 3. The fourth-order valence-electron chi connectivity index (χ4n) is 2.08. The van der Waals surface area contributed by atoms with Crippen LogP contribution in [0, 0.1) is 11.3 Å². The minimum absolute atomic E-state index is 0.120. The molecule has 1 aliphatic heterocycles. The Balaban J connectivity index is 1.85. The Morgan fingerprint density at radius 2 is 2.04 bits per heavy atom. The Hall–Kier alpha value is -3.34. The van der Waals surface area contributed by atoms with Crippen molar-refractivity contribution < 1.29 is 19.0 Å². The number of hydrogen-bond acceptors (Lipinski definition) is 8. The summed E-state index contributed by atoms with van der Waals surface area (Å²) in [5, 5.41) is 11.9. The van der Waals surface area contributed by atoms with E-state index in [1.165, 1.54) is 6.20 Å². The Labute approximate surface area is 137 Å². The van der Waals surface area contributed by atoms with Gasteiger partial charge < -0.3 is 19.5 Å². The number of benzene rings is 1. The van der Waals surface area contributed by atoms with Crippen molar-refractivity contribution in [2.75, 3.05) is 25.1 Å². The van der Waals surface area contributed by atoms with Crippen molar-refractivity contribution in [2.24, 2.45) is 0 Å². The fraction of sp³-hybridized carbons (Fsp3) is 0.250. The molecule has 0 spiro atoms. The topological polar surface area (TPSA) is 106 Å². The van der Waals surface area contributed by atoms with E-state index in [-0.39, 0.29) is 12.2 Å². The summed E-state index contributed by atoms with van der Waals surface area (Å²) in [6.07, 6.45) is 1.30. The number of hydrogen-bond donors (Lipinski definition) is 1. The van der Waals surface area contributed by atoms with Gasteiger partial charge in [0, 0.05) is 11.9 Å². The molecular weight excluding hydrogens is 312 g/mol. The number of nitrogens with zero attached hydrogens (tertiary/aromatic N) is 3. The van der Waals surface area contributed by atoms with Gasteiger partial charge in [-0.15, -0.1) is 0 Å². The van der Waals surface area contributed by atoms with Crippen LogP contribution in [0.4, 0.5) is 5.69 Å². The van der Waals surface area contributed by atoms with Crippen LogP contribution in [-0.2, 0) is 9.53 Å². The van der Waals surface area contributed by atoms with Crippen molar-refractivity contribution in [3.63, 3.8) is 0 Å². The lowest BCUT2D eigenvalue weighted by Crippen LogP contribution is -2.17. The number of anilines is 1. The zero-order valence-electron chi connectivity index (χ0n) is 12.9. The first-order valence-electron chi connectivity index (χ1n) is 7.32. The summed E-state index contributed by atoms with van der Waals surface area (Å²) in [5.41, 5.74) is 1.78. The van der Waals surface area contributed by atoms with Crippen molar-refractivity contribution in [3.8, 4) is 17.8 Å². The normalized spacial score (nSPS) is 13.2. The van der Waals surface area contributed by atoms with Crippen LogP contribution < -0.4 is 14.8 Å². The lowest BCUT2D eigenvalue weighted by Gasteiger charge is -2.16. The molecule has 0 fully saturated rings. The van der Waals surface area contributed by atoms with Gasteiger partial charge in [0.15, 0.2) is 5.57 Å². The average molecular weight is 326 g/mol. The van der Waals surface area contributed by atoms with Gasteiger partial charge in [-0.05, 0) is 25.1 Å². The van der Waals surface area contributed by atoms with Crippen LogP contribution in [0.5, 0.6) is 11.8 Å². The van der Waals surface area contributed by atoms with E-state index in [0.717, 1.165) is 0 Å². The van der Waals surface area contributed by atoms with Crippen LogP contribution in [0.1, 0.15) is 6.92 Å². The monoisotopic (exact) mass is 326 g/mol. The smallest absolute Gasteiger partial charge is 0.350 e. The van der Waals surface area contributed by atoms with Crippen LogP contribution in [0.2, 0.25) is 0 Å². The standard InChI is InChI=1S/C16H14N4O4/c1-2-22-16(21)10(8-17)9-18-11-3-4-12-13(7-11)20-15-14(19-12)23-5-6-24-15/h3-4,7,9,18H,2,5-6H2,1H3/b10-9-. The SMILES string of the molecule is CCOC(=O)/C(C#N)=C\Nc1ccc2nc3c(nc2c1)OCCO3. The van der Waals surface area contributed by atoms with Crippen LogP contribution >= 0.6 is 0 Å². The van der Waals surface area contributed by atoms with Crippen LogP contribution in [0.15, 0.2) is 30.0 Å². The molecular formula is C16H14N4O4. The molecule has 1 aromatic heterocycles. The highest BCUT2D eigenvalue weighted by molar-refractivity contribution is 5.93. The van der Waals surface area contributed by atoms with Gasteiger partial charge in [0.1, 0.15) is 19.3 Å². The van der Waals surface area contributed by atoms with Crippen molar-refractivity contribution in [1.82, 2.24) is 9.97 Å². The van der Waals surface area contributed by atoms with E-state index in [1.54, 1.807) is 31.2 Å². The molecule has 122 valence electrons. The van der Waals surface area contributed by atoms with Gasteiger partial charge >= 0.3 is 5.97 Å². The third-order valence-electron chi connectivity index (χ3n) is 3.16. The van der Waals surface area contributed by atoms with E-state index in [0.29, 0.717) is 41.7 Å². The fourth-order valence-corrected chi connectivity index (χ4v) is 2.08. The van der Waals surface area contributed by atoms with Crippen LogP contribution in [-0.4, -0.2) is 35.8 Å². The number of esters is 1. The molecule has 0 radical (unpaired) electrons. The lowest BCUT2D eigenvalue weighted by molar-refractivity contribution is -0.138. The van der Waals surface area contributed by atoms with Crippen molar-refractivity contribution in [1.29, 1.82) is 5.26 Å². The number of nitriles is 1. The quantitative estimate of drug-likeness (QED) is 0.515. The molecule has 0 saturated carbocycles. The Morgan fingerprint density at radius 1 is 1.33 bits per heavy atom. The molecule has 3 rings (SSSR count). The van der Waals surface area contributed by atoms with E-state index >= 15 is 0 Å². The molecule has 24 heavy (non-hydrogen) atoms. The zero-order valence-corrected chi connectivity index (χ0v) is 12.9. The average Bonchev–Trinajstić information content (AvgIpc) is 2.60. The molecule has 0 amide bonds. The third kappa shape index (κ3) is 3.20. The van der Waals surface area contributed by atoms with Crippen molar-refractivity contribution in [2.45, 2.75) is 6.92 Å². The highest BCUT2D eigenvalue weighted by Crippen LogP contribution is 2.29. The number of aromatic nitrogens is 2. The highest BCUT2D eigenvalue weighted by Gasteiger charge is 2.16. The summed E-state index contributed by atoms with van der Waals surface area (Å²) in [7, 11) is 0. The van der Waals surface area contributed by atoms with Crippen LogP contribution in [0.3, 0.4) is 0 Å². The van der Waals surface area contributed by atoms with E-state index in [4.69, 9.17) is 19.5 Å². The first kappa shape index (κ1) is 15.6. The first-order valence-corrected chi connectivity index (χ1v) is 7.32. The molecule has 0 bridgehead atoms. The maximum absolute atomic E-state index is 11.6. The second kappa shape index (κ2) is 6.83. The molecule has 0 unspecified atom stereocenters. The van der Waals surface area contributed by atoms with Crippen molar-refractivity contribution in [3.05, 3.63) is 30.0 Å². The molecule has 0 atom stereocenters. The lowest BCUT2D eigenvalue weighted by atomic mass is 10.2. The number of rotatable bonds is 4. The van der Waals surface area contributed by atoms with Gasteiger partial charge in [0.25, 0.3) is 11.8 Å². The number of nitrogens with one attached hydrogen (secondary N) is 1. The molecule has 2 aromatic rings. The summed E-state index contributed by atoms with van der Waals surface area (Å²) >= 11 is 0. The van der Waals surface area contributed by atoms with Gasteiger partial charge in [-0.2, -0.15) is 5.26 Å². The van der Waals surface area contributed by atoms with E-state index in [2.05, 4.69) is 15.3 Å². The molecule has 1 N–H and O–H groups in total. The summed E-state index contributed by atoms with van der Waals surface area (Å²) < 4.78 is 15.6. The Bertz CT molecular complexity index is 857. The summed E-state index contributed by atoms with van der Waals surface area (Å²) in [6, 6.07) is 7.04. The maximum atomic E-state index is 11.6.